The molecule has 3 rings (SSSR count). The van der Waals surface area contributed by atoms with Gasteiger partial charge in [-0.3, -0.25) is 10.3 Å². The van der Waals surface area contributed by atoms with E-state index in [0.29, 0.717) is 15.9 Å². The van der Waals surface area contributed by atoms with Crippen LogP contribution in [0.25, 0.3) is 10.9 Å². The minimum absolute atomic E-state index is 0.0361. The molecule has 0 spiro atoms. The molecule has 1 aromatic heterocycles. The van der Waals surface area contributed by atoms with Crippen molar-refractivity contribution in [1.29, 1.82) is 0 Å². The summed E-state index contributed by atoms with van der Waals surface area (Å²) in [6, 6.07) is 10.6. The summed E-state index contributed by atoms with van der Waals surface area (Å²) < 4.78 is 43.3. The second kappa shape index (κ2) is 6.60. The molecule has 0 bridgehead atoms. The number of nitrogens with one attached hydrogen (secondary N) is 1. The Hall–Kier alpha value is -2.80. The molecule has 1 heterocycles. The van der Waals surface area contributed by atoms with Crippen LogP contribution < -0.4 is 10.1 Å². The minimum Gasteiger partial charge on any atom is -0.408 e. The zero-order chi connectivity index (χ0) is 18.0. The Morgan fingerprint density at radius 1 is 1.12 bits per heavy atom. The van der Waals surface area contributed by atoms with Crippen LogP contribution in [-0.2, 0) is 6.18 Å². The van der Waals surface area contributed by atoms with Crippen LogP contribution in [0.5, 0.6) is 5.75 Å². The second-order valence-corrected chi connectivity index (χ2v) is 5.45. The Bertz CT molecular complexity index is 945. The molecule has 2 aromatic carbocycles. The maximum absolute atomic E-state index is 12.7. The number of hydrogen-bond acceptors (Lipinski definition) is 3. The molecule has 4 nitrogen and oxygen atoms in total. The van der Waals surface area contributed by atoms with Crippen molar-refractivity contribution >= 4 is 34.3 Å². The Morgan fingerprint density at radius 2 is 1.92 bits per heavy atom. The van der Waals surface area contributed by atoms with Gasteiger partial charge in [0.2, 0.25) is 0 Å². The van der Waals surface area contributed by atoms with E-state index >= 15 is 0 Å². The number of carbonyl (C=O) groups excluding carboxylic acids is 1. The fraction of sp³-hybridized carbons (Fsp3) is 0.0588. The average Bonchev–Trinajstić information content (AvgIpc) is 2.57. The normalized spacial score (nSPS) is 11.4. The Kier molecular flexibility index (Phi) is 4.50. The van der Waals surface area contributed by atoms with Crippen LogP contribution in [0.1, 0.15) is 5.56 Å². The number of carbonyl (C=O) groups is 1. The summed E-state index contributed by atoms with van der Waals surface area (Å²) in [5.74, 6) is 0.143. The molecular formula is C17H10ClF3N2O2. The van der Waals surface area contributed by atoms with E-state index in [0.717, 1.165) is 12.1 Å². The SMILES string of the molecule is O=C(Nc1cccc(C(F)(F)F)c1)Oc1ccc(Cl)c2cccnc12. The zero-order valence-electron chi connectivity index (χ0n) is 12.5. The number of ether oxygens (including phenoxy) is 1. The standard InChI is InChI=1S/C17H10ClF3N2O2/c18-13-6-7-14(15-12(13)5-2-8-22-15)25-16(24)23-11-4-1-3-10(9-11)17(19,20)21/h1-9H,(H,23,24). The second-order valence-electron chi connectivity index (χ2n) is 5.04. The molecule has 0 aliphatic rings. The van der Waals surface area contributed by atoms with Gasteiger partial charge in [-0.2, -0.15) is 13.2 Å². The summed E-state index contributed by atoms with van der Waals surface area (Å²) in [5.41, 5.74) is -0.538. The molecule has 0 saturated carbocycles. The average molecular weight is 367 g/mol. The van der Waals surface area contributed by atoms with Crippen molar-refractivity contribution in [3.63, 3.8) is 0 Å². The van der Waals surface area contributed by atoms with E-state index in [1.165, 1.54) is 24.4 Å². The van der Waals surface area contributed by atoms with Crippen molar-refractivity contribution in [1.82, 2.24) is 4.98 Å². The van der Waals surface area contributed by atoms with Gasteiger partial charge < -0.3 is 4.74 Å². The molecule has 1 N–H and O–H groups in total. The number of amides is 1. The van der Waals surface area contributed by atoms with E-state index in [9.17, 15) is 18.0 Å². The quantitative estimate of drug-likeness (QED) is 0.650. The molecule has 0 saturated heterocycles. The van der Waals surface area contributed by atoms with E-state index in [2.05, 4.69) is 10.3 Å². The third-order valence-electron chi connectivity index (χ3n) is 3.32. The van der Waals surface area contributed by atoms with Gasteiger partial charge in [0.05, 0.1) is 10.6 Å². The molecule has 25 heavy (non-hydrogen) atoms. The highest BCUT2D eigenvalue weighted by molar-refractivity contribution is 6.35. The van der Waals surface area contributed by atoms with Gasteiger partial charge in [0.1, 0.15) is 5.52 Å². The highest BCUT2D eigenvalue weighted by Crippen LogP contribution is 2.31. The van der Waals surface area contributed by atoms with E-state index in [1.54, 1.807) is 18.2 Å². The van der Waals surface area contributed by atoms with Crippen LogP contribution in [-0.4, -0.2) is 11.1 Å². The van der Waals surface area contributed by atoms with Crippen LogP contribution in [0.3, 0.4) is 0 Å². The van der Waals surface area contributed by atoms with Crippen molar-refractivity contribution in [3.05, 3.63) is 65.3 Å². The molecule has 0 aliphatic heterocycles. The van der Waals surface area contributed by atoms with Gasteiger partial charge in [-0.05, 0) is 42.5 Å². The number of pyridine rings is 1. The van der Waals surface area contributed by atoms with Gasteiger partial charge in [-0.15, -0.1) is 0 Å². The molecule has 0 unspecified atom stereocenters. The maximum Gasteiger partial charge on any atom is 0.417 e. The predicted molar refractivity (Wildman–Crippen MR) is 87.8 cm³/mol. The number of aromatic nitrogens is 1. The topological polar surface area (TPSA) is 51.2 Å². The van der Waals surface area contributed by atoms with Gasteiger partial charge in [0.25, 0.3) is 0 Å². The van der Waals surface area contributed by atoms with E-state index in [-0.39, 0.29) is 11.4 Å². The first-order valence-electron chi connectivity index (χ1n) is 7.04. The van der Waals surface area contributed by atoms with Gasteiger partial charge >= 0.3 is 12.3 Å². The van der Waals surface area contributed by atoms with Crippen LogP contribution in [0, 0.1) is 0 Å². The first-order chi connectivity index (χ1) is 11.8. The predicted octanol–water partition coefficient (Wildman–Crippen LogP) is 5.52. The number of halogens is 4. The first-order valence-corrected chi connectivity index (χ1v) is 7.42. The summed E-state index contributed by atoms with van der Waals surface area (Å²) in [7, 11) is 0. The van der Waals surface area contributed by atoms with Crippen molar-refractivity contribution < 1.29 is 22.7 Å². The number of anilines is 1. The highest BCUT2D eigenvalue weighted by Gasteiger charge is 2.30. The van der Waals surface area contributed by atoms with Crippen LogP contribution >= 0.6 is 11.6 Å². The molecule has 0 aliphatic carbocycles. The smallest absolute Gasteiger partial charge is 0.408 e. The number of rotatable bonds is 2. The maximum atomic E-state index is 12.7. The summed E-state index contributed by atoms with van der Waals surface area (Å²) in [5, 5.41) is 3.29. The lowest BCUT2D eigenvalue weighted by Crippen LogP contribution is -2.17. The lowest BCUT2D eigenvalue weighted by molar-refractivity contribution is -0.137. The van der Waals surface area contributed by atoms with Crippen molar-refractivity contribution in [2.45, 2.75) is 6.18 Å². The number of hydrogen-bond donors (Lipinski definition) is 1. The Morgan fingerprint density at radius 3 is 2.68 bits per heavy atom. The molecule has 128 valence electrons. The highest BCUT2D eigenvalue weighted by atomic mass is 35.5. The molecule has 0 fully saturated rings. The van der Waals surface area contributed by atoms with Crippen LogP contribution in [0.15, 0.2) is 54.7 Å². The third-order valence-corrected chi connectivity index (χ3v) is 3.65. The first kappa shape index (κ1) is 17.0. The van der Waals surface area contributed by atoms with E-state index in [1.807, 2.05) is 0 Å². The third kappa shape index (κ3) is 3.83. The van der Waals surface area contributed by atoms with Gasteiger partial charge in [-0.25, -0.2) is 4.79 Å². The van der Waals surface area contributed by atoms with Crippen LogP contribution in [0.4, 0.5) is 23.7 Å². The van der Waals surface area contributed by atoms with Gasteiger partial charge in [-0.1, -0.05) is 17.7 Å². The summed E-state index contributed by atoms with van der Waals surface area (Å²) in [6.07, 6.45) is -3.93. The number of fused-ring (bicyclic) bond motifs is 1. The summed E-state index contributed by atoms with van der Waals surface area (Å²) in [6.45, 7) is 0. The Balaban J connectivity index is 1.81. The van der Waals surface area contributed by atoms with E-state index in [4.69, 9.17) is 16.3 Å². The van der Waals surface area contributed by atoms with Crippen LogP contribution in [0.2, 0.25) is 5.02 Å². The summed E-state index contributed by atoms with van der Waals surface area (Å²) >= 11 is 6.05. The lowest BCUT2D eigenvalue weighted by Gasteiger charge is -2.11. The lowest BCUT2D eigenvalue weighted by atomic mass is 10.2. The summed E-state index contributed by atoms with van der Waals surface area (Å²) in [4.78, 5) is 16.1. The monoisotopic (exact) mass is 366 g/mol. The Labute approximate surface area is 145 Å². The molecule has 0 radical (unpaired) electrons. The fourth-order valence-electron chi connectivity index (χ4n) is 2.21. The molecule has 1 amide bonds. The number of nitrogens with zero attached hydrogens (tertiary/aromatic N) is 1. The fourth-order valence-corrected chi connectivity index (χ4v) is 2.43. The molecular weight excluding hydrogens is 357 g/mol. The molecule has 0 atom stereocenters. The molecule has 8 heteroatoms. The van der Waals surface area contributed by atoms with E-state index < -0.39 is 17.8 Å². The van der Waals surface area contributed by atoms with Gasteiger partial charge in [0, 0.05) is 17.3 Å². The van der Waals surface area contributed by atoms with Gasteiger partial charge in [0.15, 0.2) is 5.75 Å². The van der Waals surface area contributed by atoms with Crippen molar-refractivity contribution in [3.8, 4) is 5.75 Å². The molecule has 3 aromatic rings. The zero-order valence-corrected chi connectivity index (χ0v) is 13.2. The largest absolute Gasteiger partial charge is 0.417 e. The minimum atomic E-state index is -4.50. The number of alkyl halides is 3. The van der Waals surface area contributed by atoms with Crippen molar-refractivity contribution in [2.24, 2.45) is 0 Å². The van der Waals surface area contributed by atoms with Crippen molar-refractivity contribution in [2.75, 3.05) is 5.32 Å². The number of benzene rings is 2.